The highest BCUT2D eigenvalue weighted by atomic mass is 16.6. The van der Waals surface area contributed by atoms with Gasteiger partial charge in [-0.05, 0) is 18.3 Å². The summed E-state index contributed by atoms with van der Waals surface area (Å²) in [5, 5.41) is 0. The van der Waals surface area contributed by atoms with E-state index in [-0.39, 0.29) is 18.3 Å². The topological polar surface area (TPSA) is 36.9 Å². The Morgan fingerprint density at radius 1 is 1.16 bits per heavy atom. The van der Waals surface area contributed by atoms with Crippen LogP contribution in [0.1, 0.15) is 40.0 Å². The summed E-state index contributed by atoms with van der Waals surface area (Å²) in [5.41, 5.74) is 0.407. The normalized spacial score (nSPS) is 27.9. The highest BCUT2D eigenvalue weighted by Gasteiger charge is 2.38. The summed E-state index contributed by atoms with van der Waals surface area (Å²) >= 11 is 0. The molecule has 0 radical (unpaired) electrons. The minimum Gasteiger partial charge on any atom is -0.382 e. The molecule has 1 aliphatic heterocycles. The molecule has 0 bridgehead atoms. The Hall–Kier alpha value is -0.160. The summed E-state index contributed by atoms with van der Waals surface area (Å²) in [5.74, 6) is 0. The predicted molar refractivity (Wildman–Crippen MR) is 75.5 cm³/mol. The maximum Gasteiger partial charge on any atom is 0.114 e. The van der Waals surface area contributed by atoms with Gasteiger partial charge in [-0.1, -0.05) is 27.2 Å². The minimum absolute atomic E-state index is 0.000383. The van der Waals surface area contributed by atoms with Crippen molar-refractivity contribution in [2.24, 2.45) is 5.41 Å². The Morgan fingerprint density at radius 2 is 1.89 bits per heavy atom. The van der Waals surface area contributed by atoms with E-state index in [2.05, 4.69) is 20.8 Å². The lowest BCUT2D eigenvalue weighted by Crippen LogP contribution is -2.37. The smallest absolute Gasteiger partial charge is 0.114 e. The molecule has 0 spiro atoms. The lowest BCUT2D eigenvalue weighted by Gasteiger charge is -2.23. The summed E-state index contributed by atoms with van der Waals surface area (Å²) in [7, 11) is 3.39. The predicted octanol–water partition coefficient (Wildman–Crippen LogP) is 2.65. The van der Waals surface area contributed by atoms with Crippen LogP contribution in [-0.4, -0.2) is 52.4 Å². The summed E-state index contributed by atoms with van der Waals surface area (Å²) in [6, 6.07) is 0. The van der Waals surface area contributed by atoms with Gasteiger partial charge in [-0.25, -0.2) is 0 Å². The monoisotopic (exact) mass is 274 g/mol. The molecule has 3 atom stereocenters. The Labute approximate surface area is 117 Å². The molecule has 4 heteroatoms. The summed E-state index contributed by atoms with van der Waals surface area (Å²) in [6.07, 6.45) is 3.54. The van der Waals surface area contributed by atoms with E-state index in [0.29, 0.717) is 18.6 Å². The zero-order chi connectivity index (χ0) is 14.3. The van der Waals surface area contributed by atoms with Crippen molar-refractivity contribution >= 4 is 0 Å². The van der Waals surface area contributed by atoms with Crippen molar-refractivity contribution < 1.29 is 18.9 Å². The van der Waals surface area contributed by atoms with Gasteiger partial charge >= 0.3 is 0 Å². The van der Waals surface area contributed by atoms with Gasteiger partial charge in [0.05, 0.1) is 13.2 Å². The van der Waals surface area contributed by atoms with Crippen LogP contribution in [0, 0.1) is 5.41 Å². The van der Waals surface area contributed by atoms with Crippen LogP contribution in [0.5, 0.6) is 0 Å². The first-order chi connectivity index (χ1) is 8.98. The molecule has 19 heavy (non-hydrogen) atoms. The first-order valence-corrected chi connectivity index (χ1v) is 7.23. The SMILES string of the molecule is COCC1OCC(OC)C1OCCCCC(C)(C)C. The molecule has 0 aromatic rings. The van der Waals surface area contributed by atoms with Crippen molar-refractivity contribution in [3.63, 3.8) is 0 Å². The Morgan fingerprint density at radius 3 is 2.47 bits per heavy atom. The molecule has 1 aliphatic rings. The van der Waals surface area contributed by atoms with Crippen molar-refractivity contribution in [2.75, 3.05) is 34.0 Å². The molecule has 0 aromatic carbocycles. The Bertz CT molecular complexity index is 237. The van der Waals surface area contributed by atoms with Gasteiger partial charge in [-0.15, -0.1) is 0 Å². The van der Waals surface area contributed by atoms with Crippen LogP contribution in [0.15, 0.2) is 0 Å². The minimum atomic E-state index is -0.00225. The average molecular weight is 274 g/mol. The van der Waals surface area contributed by atoms with Gasteiger partial charge in [0.2, 0.25) is 0 Å². The van der Waals surface area contributed by atoms with Gasteiger partial charge in [-0.2, -0.15) is 0 Å². The molecule has 0 saturated carbocycles. The maximum atomic E-state index is 5.96. The zero-order valence-electron chi connectivity index (χ0n) is 13.1. The van der Waals surface area contributed by atoms with E-state index in [9.17, 15) is 0 Å². The largest absolute Gasteiger partial charge is 0.382 e. The second kappa shape index (κ2) is 8.20. The average Bonchev–Trinajstić information content (AvgIpc) is 2.70. The van der Waals surface area contributed by atoms with Crippen LogP contribution in [0.3, 0.4) is 0 Å². The van der Waals surface area contributed by atoms with Crippen LogP contribution in [0.2, 0.25) is 0 Å². The Balaban J connectivity index is 2.24. The first-order valence-electron chi connectivity index (χ1n) is 7.23. The number of methoxy groups -OCH3 is 2. The maximum absolute atomic E-state index is 5.96. The van der Waals surface area contributed by atoms with E-state index in [1.165, 1.54) is 12.8 Å². The van der Waals surface area contributed by atoms with E-state index in [4.69, 9.17) is 18.9 Å². The fraction of sp³-hybridized carbons (Fsp3) is 1.00. The van der Waals surface area contributed by atoms with Crippen LogP contribution in [0.25, 0.3) is 0 Å². The number of unbranched alkanes of at least 4 members (excludes halogenated alkanes) is 1. The molecule has 1 saturated heterocycles. The quantitative estimate of drug-likeness (QED) is 0.638. The van der Waals surface area contributed by atoms with E-state index in [0.717, 1.165) is 13.0 Å². The summed E-state index contributed by atoms with van der Waals surface area (Å²) in [4.78, 5) is 0. The molecule has 1 heterocycles. The van der Waals surface area contributed by atoms with E-state index < -0.39 is 0 Å². The summed E-state index contributed by atoms with van der Waals surface area (Å²) < 4.78 is 22.2. The molecule has 0 aliphatic carbocycles. The number of hydrogen-bond donors (Lipinski definition) is 0. The number of rotatable bonds is 8. The fourth-order valence-electron chi connectivity index (χ4n) is 2.35. The Kier molecular flexibility index (Phi) is 7.29. The number of hydrogen-bond acceptors (Lipinski definition) is 4. The van der Waals surface area contributed by atoms with Gasteiger partial charge in [-0.3, -0.25) is 0 Å². The van der Waals surface area contributed by atoms with Crippen LogP contribution in [0.4, 0.5) is 0 Å². The molecule has 3 unspecified atom stereocenters. The highest BCUT2D eigenvalue weighted by Crippen LogP contribution is 2.23. The van der Waals surface area contributed by atoms with Crippen molar-refractivity contribution in [2.45, 2.75) is 58.3 Å². The van der Waals surface area contributed by atoms with Crippen LogP contribution >= 0.6 is 0 Å². The van der Waals surface area contributed by atoms with E-state index >= 15 is 0 Å². The molecule has 1 fully saturated rings. The molecular weight excluding hydrogens is 244 g/mol. The van der Waals surface area contributed by atoms with Gasteiger partial charge < -0.3 is 18.9 Å². The van der Waals surface area contributed by atoms with Gasteiger partial charge in [0.15, 0.2) is 0 Å². The molecule has 4 nitrogen and oxygen atoms in total. The lowest BCUT2D eigenvalue weighted by molar-refractivity contribution is -0.0670. The van der Waals surface area contributed by atoms with Crippen molar-refractivity contribution in [1.29, 1.82) is 0 Å². The first kappa shape index (κ1) is 16.9. The van der Waals surface area contributed by atoms with Crippen LogP contribution in [-0.2, 0) is 18.9 Å². The van der Waals surface area contributed by atoms with Crippen molar-refractivity contribution in [3.05, 3.63) is 0 Å². The third kappa shape index (κ3) is 6.21. The van der Waals surface area contributed by atoms with Crippen molar-refractivity contribution in [1.82, 2.24) is 0 Å². The number of ether oxygens (including phenoxy) is 4. The van der Waals surface area contributed by atoms with E-state index in [1.54, 1.807) is 14.2 Å². The fourth-order valence-corrected chi connectivity index (χ4v) is 2.35. The molecular formula is C15H30O4. The second-order valence-corrected chi connectivity index (χ2v) is 6.45. The second-order valence-electron chi connectivity index (χ2n) is 6.45. The van der Waals surface area contributed by atoms with Crippen molar-refractivity contribution in [3.8, 4) is 0 Å². The lowest BCUT2D eigenvalue weighted by atomic mass is 9.90. The standard InChI is InChI=1S/C15H30O4/c1-15(2,3)8-6-7-9-18-14-12(17-5)11-19-13(14)10-16-4/h12-14H,6-11H2,1-5H3. The molecule has 0 N–H and O–H groups in total. The molecule has 0 amide bonds. The van der Waals surface area contributed by atoms with E-state index in [1.807, 2.05) is 0 Å². The third-order valence-electron chi connectivity index (χ3n) is 3.47. The van der Waals surface area contributed by atoms with Gasteiger partial charge in [0, 0.05) is 20.8 Å². The molecule has 114 valence electrons. The molecule has 0 aromatic heterocycles. The van der Waals surface area contributed by atoms with Crippen LogP contribution < -0.4 is 0 Å². The third-order valence-corrected chi connectivity index (χ3v) is 3.47. The molecule has 1 rings (SSSR count). The zero-order valence-corrected chi connectivity index (χ0v) is 13.1. The van der Waals surface area contributed by atoms with Gasteiger partial charge in [0.25, 0.3) is 0 Å². The highest BCUT2D eigenvalue weighted by molar-refractivity contribution is 4.85. The van der Waals surface area contributed by atoms with Gasteiger partial charge in [0.1, 0.15) is 18.3 Å². The summed E-state index contributed by atoms with van der Waals surface area (Å²) in [6.45, 7) is 8.74.